The molecule has 2 rings (SSSR count). The molecule has 18 heavy (non-hydrogen) atoms. The van der Waals surface area contributed by atoms with Crippen LogP contribution in [-0.4, -0.2) is 27.0 Å². The Kier molecular flexibility index (Phi) is 4.09. The molecule has 2 aromatic heterocycles. The van der Waals surface area contributed by atoms with Gasteiger partial charge in [0.2, 0.25) is 5.91 Å². The highest BCUT2D eigenvalue weighted by Gasteiger charge is 2.08. The molecule has 0 fully saturated rings. The van der Waals surface area contributed by atoms with Gasteiger partial charge in [0.25, 0.3) is 0 Å². The van der Waals surface area contributed by atoms with Crippen LogP contribution in [0.5, 0.6) is 0 Å². The Hall–Kier alpha value is -1.69. The highest BCUT2D eigenvalue weighted by Crippen LogP contribution is 2.08. The van der Waals surface area contributed by atoms with E-state index in [0.717, 1.165) is 10.7 Å². The minimum absolute atomic E-state index is 0.00673. The highest BCUT2D eigenvalue weighted by molar-refractivity contribution is 7.09. The minimum Gasteiger partial charge on any atom is -0.354 e. The Morgan fingerprint density at radius 1 is 1.61 bits per heavy atom. The van der Waals surface area contributed by atoms with E-state index in [1.54, 1.807) is 23.9 Å². The van der Waals surface area contributed by atoms with Crippen molar-refractivity contribution in [1.29, 1.82) is 0 Å². The minimum atomic E-state index is 0.00673. The van der Waals surface area contributed by atoms with Crippen LogP contribution in [0.4, 0.5) is 0 Å². The van der Waals surface area contributed by atoms with Gasteiger partial charge in [-0.3, -0.25) is 4.79 Å². The number of aryl methyl sites for hydroxylation is 1. The van der Waals surface area contributed by atoms with Gasteiger partial charge in [-0.2, -0.15) is 0 Å². The molecular weight excluding hydrogens is 248 g/mol. The van der Waals surface area contributed by atoms with Crippen LogP contribution in [0.1, 0.15) is 23.7 Å². The number of nitrogens with one attached hydrogen (secondary N) is 1. The van der Waals surface area contributed by atoms with Crippen LogP contribution in [0.2, 0.25) is 0 Å². The Labute approximate surface area is 110 Å². The molecule has 0 aliphatic carbocycles. The fourth-order valence-electron chi connectivity index (χ4n) is 1.61. The van der Waals surface area contributed by atoms with Crippen molar-refractivity contribution < 1.29 is 4.79 Å². The largest absolute Gasteiger partial charge is 0.354 e. The quantitative estimate of drug-likeness (QED) is 0.891. The van der Waals surface area contributed by atoms with Crippen LogP contribution in [0.3, 0.4) is 0 Å². The van der Waals surface area contributed by atoms with E-state index >= 15 is 0 Å². The van der Waals surface area contributed by atoms with Crippen LogP contribution in [-0.2, 0) is 11.2 Å². The molecule has 6 heteroatoms. The SMILES string of the molecule is Cc1nc(CC(=O)NC[C@H](C)n2ccnc2)cs1. The number of hydrogen-bond acceptors (Lipinski definition) is 4. The van der Waals surface area contributed by atoms with E-state index in [0.29, 0.717) is 13.0 Å². The van der Waals surface area contributed by atoms with Crippen molar-refractivity contribution >= 4 is 17.2 Å². The Bertz CT molecular complexity index is 506. The lowest BCUT2D eigenvalue weighted by atomic mass is 10.3. The highest BCUT2D eigenvalue weighted by atomic mass is 32.1. The Morgan fingerprint density at radius 2 is 2.44 bits per heavy atom. The lowest BCUT2D eigenvalue weighted by molar-refractivity contribution is -0.120. The molecule has 0 aliphatic rings. The molecule has 96 valence electrons. The molecule has 0 aromatic carbocycles. The second-order valence-electron chi connectivity index (χ2n) is 4.20. The first-order valence-corrected chi connectivity index (χ1v) is 6.68. The topological polar surface area (TPSA) is 59.8 Å². The van der Waals surface area contributed by atoms with Gasteiger partial charge in [0.15, 0.2) is 0 Å². The lowest BCUT2D eigenvalue weighted by Crippen LogP contribution is -2.30. The molecule has 1 atom stereocenters. The first-order chi connectivity index (χ1) is 8.65. The zero-order valence-corrected chi connectivity index (χ0v) is 11.3. The molecule has 0 unspecified atom stereocenters. The Morgan fingerprint density at radius 3 is 3.06 bits per heavy atom. The number of aromatic nitrogens is 3. The van der Waals surface area contributed by atoms with Gasteiger partial charge in [0, 0.05) is 30.4 Å². The summed E-state index contributed by atoms with van der Waals surface area (Å²) in [7, 11) is 0. The predicted molar refractivity (Wildman–Crippen MR) is 70.5 cm³/mol. The third-order valence-electron chi connectivity index (χ3n) is 2.64. The van der Waals surface area contributed by atoms with E-state index in [2.05, 4.69) is 15.3 Å². The van der Waals surface area contributed by atoms with Crippen LogP contribution in [0.25, 0.3) is 0 Å². The van der Waals surface area contributed by atoms with Crippen molar-refractivity contribution in [1.82, 2.24) is 19.9 Å². The van der Waals surface area contributed by atoms with E-state index in [-0.39, 0.29) is 11.9 Å². The van der Waals surface area contributed by atoms with Crippen LogP contribution >= 0.6 is 11.3 Å². The number of carbonyl (C=O) groups excluding carboxylic acids is 1. The van der Waals surface area contributed by atoms with Crippen molar-refractivity contribution in [3.8, 4) is 0 Å². The van der Waals surface area contributed by atoms with E-state index in [1.807, 2.05) is 30.0 Å². The number of carbonyl (C=O) groups is 1. The van der Waals surface area contributed by atoms with E-state index < -0.39 is 0 Å². The third-order valence-corrected chi connectivity index (χ3v) is 3.46. The first kappa shape index (κ1) is 12.8. The standard InChI is InChI=1S/C12H16N4OS/c1-9(16-4-3-13-8-16)6-14-12(17)5-11-7-18-10(2)15-11/h3-4,7-9H,5-6H2,1-2H3,(H,14,17)/t9-/m0/s1. The predicted octanol–water partition coefficient (Wildman–Crippen LogP) is 1.57. The second-order valence-corrected chi connectivity index (χ2v) is 5.26. The van der Waals surface area contributed by atoms with Gasteiger partial charge < -0.3 is 9.88 Å². The fraction of sp³-hybridized carbons (Fsp3) is 0.417. The zero-order valence-electron chi connectivity index (χ0n) is 10.5. The van der Waals surface area contributed by atoms with Gasteiger partial charge in [-0.25, -0.2) is 9.97 Å². The van der Waals surface area contributed by atoms with E-state index in [9.17, 15) is 4.79 Å². The molecule has 0 bridgehead atoms. The van der Waals surface area contributed by atoms with E-state index in [4.69, 9.17) is 0 Å². The molecule has 0 aliphatic heterocycles. The van der Waals surface area contributed by atoms with Crippen molar-refractivity contribution in [2.75, 3.05) is 6.54 Å². The zero-order chi connectivity index (χ0) is 13.0. The van der Waals surface area contributed by atoms with Crippen LogP contribution < -0.4 is 5.32 Å². The molecule has 1 N–H and O–H groups in total. The average Bonchev–Trinajstić information content (AvgIpc) is 2.97. The number of amides is 1. The average molecular weight is 264 g/mol. The number of hydrogen-bond donors (Lipinski definition) is 1. The maximum atomic E-state index is 11.7. The molecule has 5 nitrogen and oxygen atoms in total. The maximum absolute atomic E-state index is 11.7. The number of rotatable bonds is 5. The summed E-state index contributed by atoms with van der Waals surface area (Å²) < 4.78 is 1.97. The van der Waals surface area contributed by atoms with Gasteiger partial charge in [-0.1, -0.05) is 0 Å². The van der Waals surface area contributed by atoms with Gasteiger partial charge in [-0.15, -0.1) is 11.3 Å². The van der Waals surface area contributed by atoms with Crippen molar-refractivity contribution in [2.24, 2.45) is 0 Å². The summed E-state index contributed by atoms with van der Waals surface area (Å²) in [5.41, 5.74) is 0.838. The summed E-state index contributed by atoms with van der Waals surface area (Å²) in [6, 6.07) is 0.202. The molecule has 2 aromatic rings. The van der Waals surface area contributed by atoms with Crippen molar-refractivity contribution in [3.05, 3.63) is 34.8 Å². The third kappa shape index (κ3) is 3.40. The maximum Gasteiger partial charge on any atom is 0.226 e. The van der Waals surface area contributed by atoms with Gasteiger partial charge >= 0.3 is 0 Å². The van der Waals surface area contributed by atoms with E-state index in [1.165, 1.54) is 0 Å². The summed E-state index contributed by atoms with van der Waals surface area (Å²) in [4.78, 5) is 20.0. The number of thiazole rings is 1. The van der Waals surface area contributed by atoms with Crippen molar-refractivity contribution in [2.45, 2.75) is 26.3 Å². The summed E-state index contributed by atoms with van der Waals surface area (Å²) in [6.07, 6.45) is 5.72. The Balaban J connectivity index is 1.78. The fourth-order valence-corrected chi connectivity index (χ4v) is 2.23. The summed E-state index contributed by atoms with van der Waals surface area (Å²) in [5, 5.41) is 5.82. The number of imidazole rings is 1. The second kappa shape index (κ2) is 5.77. The summed E-state index contributed by atoms with van der Waals surface area (Å²) >= 11 is 1.57. The van der Waals surface area contributed by atoms with Crippen LogP contribution in [0, 0.1) is 6.92 Å². The van der Waals surface area contributed by atoms with Crippen molar-refractivity contribution in [3.63, 3.8) is 0 Å². The van der Waals surface area contributed by atoms with Crippen LogP contribution in [0.15, 0.2) is 24.1 Å². The lowest BCUT2D eigenvalue weighted by Gasteiger charge is -2.13. The van der Waals surface area contributed by atoms with Gasteiger partial charge in [-0.05, 0) is 13.8 Å². The summed E-state index contributed by atoms with van der Waals surface area (Å²) in [6.45, 7) is 4.57. The normalized spacial score (nSPS) is 12.3. The molecule has 0 radical (unpaired) electrons. The summed E-state index contributed by atoms with van der Waals surface area (Å²) in [5.74, 6) is 0.00673. The smallest absolute Gasteiger partial charge is 0.226 e. The molecule has 1 amide bonds. The first-order valence-electron chi connectivity index (χ1n) is 5.80. The van der Waals surface area contributed by atoms with Gasteiger partial charge in [0.1, 0.15) is 0 Å². The number of nitrogens with zero attached hydrogens (tertiary/aromatic N) is 3. The molecule has 2 heterocycles. The monoisotopic (exact) mass is 264 g/mol. The van der Waals surface area contributed by atoms with Gasteiger partial charge in [0.05, 0.1) is 23.4 Å². The molecule has 0 spiro atoms. The molecule has 0 saturated carbocycles. The molecule has 0 saturated heterocycles. The molecular formula is C12H16N4OS.